The molecule has 2 fully saturated rings. The first-order chi connectivity index (χ1) is 15.6. The van der Waals surface area contributed by atoms with Gasteiger partial charge in [-0.25, -0.2) is 0 Å². The summed E-state index contributed by atoms with van der Waals surface area (Å²) in [4.78, 5) is 16.6. The van der Waals surface area contributed by atoms with Crippen LogP contribution in [0.3, 0.4) is 0 Å². The van der Waals surface area contributed by atoms with Crippen LogP contribution in [0.25, 0.3) is 0 Å². The molecule has 0 aliphatic carbocycles. The average molecular weight is 461 g/mol. The highest BCUT2D eigenvalue weighted by molar-refractivity contribution is 5.76. The van der Waals surface area contributed by atoms with Gasteiger partial charge in [0, 0.05) is 56.5 Å². The second kappa shape index (κ2) is 8.71. The van der Waals surface area contributed by atoms with Crippen molar-refractivity contribution in [1.82, 2.24) is 14.7 Å². The highest BCUT2D eigenvalue weighted by atomic mass is 19.4. The first kappa shape index (κ1) is 23.1. The molecule has 176 valence electrons. The zero-order valence-electron chi connectivity index (χ0n) is 18.6. The van der Waals surface area contributed by atoms with Crippen LogP contribution in [0.2, 0.25) is 0 Å². The van der Waals surface area contributed by atoms with E-state index < -0.39 is 11.7 Å². The molecular formula is C23H26F3N5O2. The predicted octanol–water partition coefficient (Wildman–Crippen LogP) is 3.08. The van der Waals surface area contributed by atoms with Gasteiger partial charge in [-0.15, -0.1) is 0 Å². The minimum Gasteiger partial charge on any atom is -0.384 e. The molecule has 0 N–H and O–H groups in total. The summed E-state index contributed by atoms with van der Waals surface area (Å²) in [6, 6.07) is 5.47. The number of hydrogen-bond acceptors (Lipinski definition) is 5. The SMILES string of the molecule is COC[C@@]12CCN(C(=O)Cn3cc(C)cn3)C[C@@H]1CN(c1ccc(C#N)c(C(F)(F)F)c1)C2. The molecule has 0 bridgehead atoms. The van der Waals surface area contributed by atoms with Crippen molar-refractivity contribution in [3.63, 3.8) is 0 Å². The van der Waals surface area contributed by atoms with Gasteiger partial charge in [0.15, 0.2) is 0 Å². The number of fused-ring (bicyclic) bond motifs is 1. The molecule has 7 nitrogen and oxygen atoms in total. The summed E-state index contributed by atoms with van der Waals surface area (Å²) in [7, 11) is 1.62. The third kappa shape index (κ3) is 4.55. The molecular weight excluding hydrogens is 435 g/mol. The van der Waals surface area contributed by atoms with Gasteiger partial charge in [-0.05, 0) is 37.1 Å². The Morgan fingerprint density at radius 2 is 2.15 bits per heavy atom. The van der Waals surface area contributed by atoms with Crippen molar-refractivity contribution in [2.24, 2.45) is 11.3 Å². The van der Waals surface area contributed by atoms with E-state index in [1.54, 1.807) is 30.1 Å². The van der Waals surface area contributed by atoms with Gasteiger partial charge in [0.05, 0.1) is 30.0 Å². The molecule has 10 heteroatoms. The highest BCUT2D eigenvalue weighted by Crippen LogP contribution is 2.45. The Bertz CT molecular complexity index is 1080. The Labute approximate surface area is 190 Å². The number of methoxy groups -OCH3 is 1. The van der Waals surface area contributed by atoms with E-state index in [1.165, 1.54) is 6.07 Å². The summed E-state index contributed by atoms with van der Waals surface area (Å²) in [6.07, 6.45) is -0.383. The number of anilines is 1. The van der Waals surface area contributed by atoms with E-state index in [4.69, 9.17) is 10.00 Å². The minimum absolute atomic E-state index is 0.0275. The molecule has 2 aromatic rings. The van der Waals surface area contributed by atoms with E-state index in [0.717, 1.165) is 11.6 Å². The van der Waals surface area contributed by atoms with Gasteiger partial charge >= 0.3 is 6.18 Å². The standard InChI is InChI=1S/C23H26F3N5O2/c1-16-9-28-31(10-16)13-21(32)29-6-5-22(15-33-2)14-30(12-18(22)11-29)19-4-3-17(8-27)20(7-19)23(24,25)26/h3-4,7,9-10,18H,5-6,11-15H2,1-2H3/t18-,22+/m1/s1. The number of aryl methyl sites for hydroxylation is 1. The summed E-state index contributed by atoms with van der Waals surface area (Å²) in [5, 5.41) is 13.3. The van der Waals surface area contributed by atoms with Crippen LogP contribution >= 0.6 is 0 Å². The first-order valence-electron chi connectivity index (χ1n) is 10.8. The van der Waals surface area contributed by atoms with Crippen molar-refractivity contribution in [3.8, 4) is 6.07 Å². The Balaban J connectivity index is 1.54. The molecule has 2 aliphatic rings. The smallest absolute Gasteiger partial charge is 0.384 e. The maximum atomic E-state index is 13.5. The van der Waals surface area contributed by atoms with E-state index in [0.29, 0.717) is 44.9 Å². The average Bonchev–Trinajstić information content (AvgIpc) is 3.35. The van der Waals surface area contributed by atoms with Gasteiger partial charge in [-0.2, -0.15) is 23.5 Å². The fraction of sp³-hybridized carbons (Fsp3) is 0.522. The van der Waals surface area contributed by atoms with E-state index in [2.05, 4.69) is 5.10 Å². The van der Waals surface area contributed by atoms with E-state index in [9.17, 15) is 18.0 Å². The lowest BCUT2D eigenvalue weighted by Gasteiger charge is -2.43. The number of aromatic nitrogens is 2. The summed E-state index contributed by atoms with van der Waals surface area (Å²) in [6.45, 7) is 4.67. The van der Waals surface area contributed by atoms with Crippen LogP contribution in [0, 0.1) is 29.6 Å². The maximum Gasteiger partial charge on any atom is 0.417 e. The van der Waals surface area contributed by atoms with Crippen LogP contribution in [0.4, 0.5) is 18.9 Å². The van der Waals surface area contributed by atoms with Crippen LogP contribution < -0.4 is 4.90 Å². The summed E-state index contributed by atoms with van der Waals surface area (Å²) in [5.74, 6) is 0.0276. The van der Waals surface area contributed by atoms with E-state index >= 15 is 0 Å². The lowest BCUT2D eigenvalue weighted by atomic mass is 9.73. The molecule has 1 aromatic carbocycles. The van der Waals surface area contributed by atoms with Gasteiger partial charge < -0.3 is 14.5 Å². The molecule has 0 radical (unpaired) electrons. The third-order valence-corrected chi connectivity index (χ3v) is 6.77. The van der Waals surface area contributed by atoms with Gasteiger partial charge in [-0.3, -0.25) is 9.48 Å². The molecule has 1 amide bonds. The number of nitriles is 1. The number of alkyl halides is 3. The van der Waals surface area contributed by atoms with Crippen LogP contribution in [0.5, 0.6) is 0 Å². The van der Waals surface area contributed by atoms with Gasteiger partial charge in [0.1, 0.15) is 6.54 Å². The normalized spacial score (nSPS) is 22.8. The zero-order valence-corrected chi connectivity index (χ0v) is 18.6. The molecule has 0 saturated carbocycles. The number of carbonyl (C=O) groups is 1. The number of hydrogen-bond donors (Lipinski definition) is 0. The second-order valence-electron chi connectivity index (χ2n) is 9.02. The van der Waals surface area contributed by atoms with Crippen molar-refractivity contribution < 1.29 is 22.7 Å². The highest BCUT2D eigenvalue weighted by Gasteiger charge is 2.50. The fourth-order valence-corrected chi connectivity index (χ4v) is 5.08. The number of carbonyl (C=O) groups excluding carboxylic acids is 1. The third-order valence-electron chi connectivity index (χ3n) is 6.77. The van der Waals surface area contributed by atoms with Gasteiger partial charge in [-0.1, -0.05) is 0 Å². The number of likely N-dealkylation sites (tertiary alicyclic amines) is 1. The molecule has 0 spiro atoms. The first-order valence-corrected chi connectivity index (χ1v) is 10.8. The number of amides is 1. The number of ether oxygens (including phenoxy) is 1. The van der Waals surface area contributed by atoms with Crippen LogP contribution in [0.1, 0.15) is 23.1 Å². The predicted molar refractivity (Wildman–Crippen MR) is 114 cm³/mol. The number of piperidine rings is 1. The number of nitrogens with zero attached hydrogens (tertiary/aromatic N) is 5. The lowest BCUT2D eigenvalue weighted by molar-refractivity contribution is -0.138. The minimum atomic E-state index is -4.61. The molecule has 33 heavy (non-hydrogen) atoms. The van der Waals surface area contributed by atoms with Crippen molar-refractivity contribution in [2.75, 3.05) is 44.8 Å². The number of benzene rings is 1. The lowest BCUT2D eigenvalue weighted by Crippen LogP contribution is -2.51. The quantitative estimate of drug-likeness (QED) is 0.684. The summed E-state index contributed by atoms with van der Waals surface area (Å²) in [5.41, 5.74) is -0.159. The summed E-state index contributed by atoms with van der Waals surface area (Å²) >= 11 is 0. The Morgan fingerprint density at radius 1 is 1.36 bits per heavy atom. The molecule has 2 saturated heterocycles. The van der Waals surface area contributed by atoms with Crippen molar-refractivity contribution in [3.05, 3.63) is 47.3 Å². The largest absolute Gasteiger partial charge is 0.417 e. The van der Waals surface area contributed by atoms with Crippen LogP contribution in [0.15, 0.2) is 30.6 Å². The zero-order chi connectivity index (χ0) is 23.8. The molecule has 4 rings (SSSR count). The molecule has 2 aliphatic heterocycles. The van der Waals surface area contributed by atoms with Crippen molar-refractivity contribution in [2.45, 2.75) is 26.1 Å². The maximum absolute atomic E-state index is 13.5. The number of halogens is 3. The molecule has 0 unspecified atom stereocenters. The summed E-state index contributed by atoms with van der Waals surface area (Å²) < 4.78 is 47.5. The Hall–Kier alpha value is -3.06. The van der Waals surface area contributed by atoms with Crippen molar-refractivity contribution >= 4 is 11.6 Å². The second-order valence-corrected chi connectivity index (χ2v) is 9.02. The van der Waals surface area contributed by atoms with Gasteiger partial charge in [0.2, 0.25) is 5.91 Å². The molecule has 1 aromatic heterocycles. The van der Waals surface area contributed by atoms with Crippen molar-refractivity contribution in [1.29, 1.82) is 5.26 Å². The number of rotatable bonds is 5. The topological polar surface area (TPSA) is 74.4 Å². The monoisotopic (exact) mass is 461 g/mol. The Morgan fingerprint density at radius 3 is 2.79 bits per heavy atom. The van der Waals surface area contributed by atoms with Crippen LogP contribution in [-0.2, 0) is 22.3 Å². The molecule has 2 atom stereocenters. The van der Waals surface area contributed by atoms with Crippen LogP contribution in [-0.4, -0.2) is 60.5 Å². The van der Waals surface area contributed by atoms with E-state index in [1.807, 2.05) is 22.9 Å². The Kier molecular flexibility index (Phi) is 6.10. The van der Waals surface area contributed by atoms with E-state index in [-0.39, 0.29) is 29.3 Å². The molecule has 3 heterocycles. The van der Waals surface area contributed by atoms with Gasteiger partial charge in [0.25, 0.3) is 0 Å². The fourth-order valence-electron chi connectivity index (χ4n) is 5.08.